The minimum atomic E-state index is -2.08. The second-order valence-corrected chi connectivity index (χ2v) is 4.58. The smallest absolute Gasteiger partial charge is 0.219 e. The number of nitrogens with one attached hydrogen (secondary N) is 1. The first-order valence-corrected chi connectivity index (χ1v) is 6.24. The van der Waals surface area contributed by atoms with Crippen LogP contribution >= 0.6 is 0 Å². The largest absolute Gasteiger partial charge is 0.396 e. The maximum absolute atomic E-state index is 9.65. The van der Waals surface area contributed by atoms with Crippen molar-refractivity contribution < 1.29 is 30.3 Å². The van der Waals surface area contributed by atoms with Crippen LogP contribution in [0.1, 0.15) is 19.3 Å². The molecule has 1 aliphatic rings. The Labute approximate surface area is 106 Å². The van der Waals surface area contributed by atoms with E-state index in [9.17, 15) is 15.3 Å². The van der Waals surface area contributed by atoms with E-state index in [-0.39, 0.29) is 13.2 Å². The van der Waals surface area contributed by atoms with Gasteiger partial charge in [0.15, 0.2) is 0 Å². The zero-order valence-electron chi connectivity index (χ0n) is 10.3. The molecule has 108 valence electrons. The molecule has 7 nitrogen and oxygen atoms in total. The lowest BCUT2D eigenvalue weighted by Crippen LogP contribution is -2.46. The van der Waals surface area contributed by atoms with E-state index in [1.807, 2.05) is 0 Å². The molecule has 0 saturated carbocycles. The molecular formula is C11H23NO6. The van der Waals surface area contributed by atoms with Crippen LogP contribution in [0.5, 0.6) is 0 Å². The molecule has 1 heterocycles. The number of aliphatic hydroxyl groups is 5. The molecule has 0 aromatic carbocycles. The van der Waals surface area contributed by atoms with Crippen molar-refractivity contribution in [1.82, 2.24) is 5.32 Å². The zero-order valence-corrected chi connectivity index (χ0v) is 10.3. The Balaban J connectivity index is 2.23. The van der Waals surface area contributed by atoms with Gasteiger partial charge in [0.05, 0.1) is 6.61 Å². The van der Waals surface area contributed by atoms with E-state index in [4.69, 9.17) is 14.9 Å². The van der Waals surface area contributed by atoms with E-state index in [0.29, 0.717) is 6.54 Å². The van der Waals surface area contributed by atoms with Gasteiger partial charge in [0, 0.05) is 13.2 Å². The Kier molecular flexibility index (Phi) is 6.44. The lowest BCUT2D eigenvalue weighted by Gasteiger charge is -2.22. The van der Waals surface area contributed by atoms with Crippen molar-refractivity contribution in [3.8, 4) is 0 Å². The van der Waals surface area contributed by atoms with Crippen LogP contribution in [0.15, 0.2) is 0 Å². The summed E-state index contributed by atoms with van der Waals surface area (Å²) in [5, 5.41) is 49.3. The molecule has 0 aromatic heterocycles. The molecule has 0 bridgehead atoms. The van der Waals surface area contributed by atoms with Crippen LogP contribution in [0.2, 0.25) is 0 Å². The van der Waals surface area contributed by atoms with Gasteiger partial charge in [0.1, 0.15) is 18.3 Å². The number of ether oxygens (including phenoxy) is 1. The molecule has 0 amide bonds. The highest BCUT2D eigenvalue weighted by Crippen LogP contribution is 2.28. The molecule has 0 aromatic rings. The van der Waals surface area contributed by atoms with Gasteiger partial charge in [0.25, 0.3) is 0 Å². The molecule has 0 spiro atoms. The predicted molar refractivity (Wildman–Crippen MR) is 62.7 cm³/mol. The highest BCUT2D eigenvalue weighted by atomic mass is 16.7. The average Bonchev–Trinajstić information content (AvgIpc) is 2.59. The Morgan fingerprint density at radius 2 is 1.83 bits per heavy atom. The zero-order chi connectivity index (χ0) is 13.6. The third-order valence-electron chi connectivity index (χ3n) is 3.11. The molecule has 1 fully saturated rings. The summed E-state index contributed by atoms with van der Waals surface area (Å²) in [6, 6.07) is 0. The van der Waals surface area contributed by atoms with Crippen molar-refractivity contribution in [1.29, 1.82) is 0 Å². The lowest BCUT2D eigenvalue weighted by atomic mass is 10.1. The minimum Gasteiger partial charge on any atom is -0.396 e. The molecule has 1 saturated heterocycles. The van der Waals surface area contributed by atoms with Gasteiger partial charge in [-0.2, -0.15) is 0 Å². The van der Waals surface area contributed by atoms with E-state index >= 15 is 0 Å². The van der Waals surface area contributed by atoms with Crippen molar-refractivity contribution in [2.24, 2.45) is 0 Å². The first-order valence-electron chi connectivity index (χ1n) is 6.24. The van der Waals surface area contributed by atoms with Crippen LogP contribution in [0, 0.1) is 0 Å². The first kappa shape index (κ1) is 15.8. The van der Waals surface area contributed by atoms with E-state index in [1.165, 1.54) is 0 Å². The van der Waals surface area contributed by atoms with Gasteiger partial charge in [-0.3, -0.25) is 0 Å². The first-order chi connectivity index (χ1) is 8.55. The molecule has 1 aliphatic heterocycles. The normalized spacial score (nSPS) is 36.2. The summed E-state index contributed by atoms with van der Waals surface area (Å²) in [5.74, 6) is -2.08. The van der Waals surface area contributed by atoms with E-state index in [1.54, 1.807) is 0 Å². The fourth-order valence-corrected chi connectivity index (χ4v) is 1.95. The predicted octanol–water partition coefficient (Wildman–Crippen LogP) is -2.46. The SMILES string of the molecule is OCCCCCNC[C@@H]1O[C@](O)(CO)[C@@H](O)[C@@H]1O. The summed E-state index contributed by atoms with van der Waals surface area (Å²) in [4.78, 5) is 0. The Morgan fingerprint density at radius 3 is 2.39 bits per heavy atom. The molecule has 4 atom stereocenters. The maximum Gasteiger partial charge on any atom is 0.219 e. The number of aliphatic hydroxyl groups excluding tert-OH is 4. The molecule has 18 heavy (non-hydrogen) atoms. The van der Waals surface area contributed by atoms with Crippen molar-refractivity contribution in [3.63, 3.8) is 0 Å². The highest BCUT2D eigenvalue weighted by Gasteiger charge is 2.52. The average molecular weight is 265 g/mol. The summed E-state index contributed by atoms with van der Waals surface area (Å²) in [7, 11) is 0. The molecule has 0 radical (unpaired) electrons. The van der Waals surface area contributed by atoms with Crippen molar-refractivity contribution in [2.75, 3.05) is 26.3 Å². The Hall–Kier alpha value is -0.280. The summed E-state index contributed by atoms with van der Waals surface area (Å²) < 4.78 is 5.05. The summed E-state index contributed by atoms with van der Waals surface area (Å²) in [6.45, 7) is 0.387. The van der Waals surface area contributed by atoms with Gasteiger partial charge in [0.2, 0.25) is 5.79 Å². The third-order valence-corrected chi connectivity index (χ3v) is 3.11. The van der Waals surface area contributed by atoms with E-state index in [2.05, 4.69) is 5.32 Å². The number of hydrogen-bond acceptors (Lipinski definition) is 7. The number of hydrogen-bond donors (Lipinski definition) is 6. The highest BCUT2D eigenvalue weighted by molar-refractivity contribution is 4.95. The van der Waals surface area contributed by atoms with Crippen LogP contribution in [0.3, 0.4) is 0 Å². The van der Waals surface area contributed by atoms with Crippen LogP contribution in [-0.2, 0) is 4.74 Å². The molecule has 0 aliphatic carbocycles. The topological polar surface area (TPSA) is 122 Å². The summed E-state index contributed by atoms with van der Waals surface area (Å²) >= 11 is 0. The van der Waals surface area contributed by atoms with Crippen LogP contribution < -0.4 is 5.32 Å². The van der Waals surface area contributed by atoms with Crippen molar-refractivity contribution in [3.05, 3.63) is 0 Å². The molecule has 0 unspecified atom stereocenters. The van der Waals surface area contributed by atoms with Gasteiger partial charge < -0.3 is 35.6 Å². The molecule has 7 heteroatoms. The monoisotopic (exact) mass is 265 g/mol. The van der Waals surface area contributed by atoms with Gasteiger partial charge in [-0.05, 0) is 25.8 Å². The minimum absolute atomic E-state index is 0.181. The number of unbranched alkanes of at least 4 members (excludes halogenated alkanes) is 2. The standard InChI is InChI=1S/C11H23NO6/c13-5-3-1-2-4-12-6-8-9(15)10(16)11(17,7-14)18-8/h8-10,12-17H,1-7H2/t8-,9+,10-,11+/m0/s1. The maximum atomic E-state index is 9.65. The van der Waals surface area contributed by atoms with Gasteiger partial charge in [-0.25, -0.2) is 0 Å². The quantitative estimate of drug-likeness (QED) is 0.269. The Bertz CT molecular complexity index is 242. The van der Waals surface area contributed by atoms with Crippen molar-refractivity contribution >= 4 is 0 Å². The molecular weight excluding hydrogens is 242 g/mol. The Morgan fingerprint density at radius 1 is 1.11 bits per heavy atom. The van der Waals surface area contributed by atoms with Gasteiger partial charge in [-0.1, -0.05) is 0 Å². The summed E-state index contributed by atoms with van der Waals surface area (Å²) in [6.07, 6.45) is -0.949. The van der Waals surface area contributed by atoms with Crippen LogP contribution in [0.4, 0.5) is 0 Å². The van der Waals surface area contributed by atoms with Gasteiger partial charge >= 0.3 is 0 Å². The van der Waals surface area contributed by atoms with E-state index in [0.717, 1.165) is 19.3 Å². The third kappa shape index (κ3) is 3.86. The van der Waals surface area contributed by atoms with Crippen LogP contribution in [-0.4, -0.2) is 75.9 Å². The van der Waals surface area contributed by atoms with Crippen molar-refractivity contribution in [2.45, 2.75) is 43.4 Å². The second-order valence-electron chi connectivity index (χ2n) is 4.58. The van der Waals surface area contributed by atoms with Crippen LogP contribution in [0.25, 0.3) is 0 Å². The number of rotatable bonds is 8. The van der Waals surface area contributed by atoms with E-state index < -0.39 is 30.7 Å². The van der Waals surface area contributed by atoms with Gasteiger partial charge in [-0.15, -0.1) is 0 Å². The fourth-order valence-electron chi connectivity index (χ4n) is 1.95. The molecule has 1 rings (SSSR count). The summed E-state index contributed by atoms with van der Waals surface area (Å²) in [5.41, 5.74) is 0. The molecule has 6 N–H and O–H groups in total. The fraction of sp³-hybridized carbons (Fsp3) is 1.00. The second kappa shape index (κ2) is 7.34. The lowest BCUT2D eigenvalue weighted by molar-refractivity contribution is -0.245.